The first-order valence-electron chi connectivity index (χ1n) is 4.43. The van der Waals surface area contributed by atoms with E-state index in [9.17, 15) is 0 Å². The molecule has 0 spiro atoms. The summed E-state index contributed by atoms with van der Waals surface area (Å²) in [4.78, 5) is 0. The second-order valence-corrected chi connectivity index (χ2v) is 4.37. The normalized spacial score (nSPS) is 19.8. The van der Waals surface area contributed by atoms with Crippen molar-refractivity contribution < 1.29 is 4.74 Å². The lowest BCUT2D eigenvalue weighted by atomic mass is 10.0. The molecule has 0 radical (unpaired) electrons. The first kappa shape index (κ1) is 9.27. The Morgan fingerprint density at radius 1 is 1.62 bits per heavy atom. The minimum absolute atomic E-state index is 0.0691. The third-order valence-corrected chi connectivity index (χ3v) is 3.41. The predicted octanol–water partition coefficient (Wildman–Crippen LogP) is 2.25. The van der Waals surface area contributed by atoms with Gasteiger partial charge in [0.05, 0.1) is 6.04 Å². The van der Waals surface area contributed by atoms with Crippen molar-refractivity contribution in [3.8, 4) is 5.75 Å². The van der Waals surface area contributed by atoms with Crippen molar-refractivity contribution >= 4 is 22.6 Å². The third kappa shape index (κ3) is 1.44. The quantitative estimate of drug-likeness (QED) is 0.805. The van der Waals surface area contributed by atoms with Gasteiger partial charge in [0.25, 0.3) is 0 Å². The molecular weight excluding hydrogens is 277 g/mol. The second-order valence-electron chi connectivity index (χ2n) is 3.21. The molecule has 1 aliphatic heterocycles. The van der Waals surface area contributed by atoms with Gasteiger partial charge in [0.1, 0.15) is 12.4 Å². The van der Waals surface area contributed by atoms with Crippen LogP contribution in [0, 0.1) is 3.57 Å². The lowest BCUT2D eigenvalue weighted by Gasteiger charge is -2.09. The lowest BCUT2D eigenvalue weighted by molar-refractivity contribution is 0.333. The molecular formula is C10H12INO. The first-order chi connectivity index (χ1) is 6.24. The Morgan fingerprint density at radius 3 is 3.08 bits per heavy atom. The summed E-state index contributed by atoms with van der Waals surface area (Å²) < 4.78 is 6.77. The Bertz CT molecular complexity index is 338. The highest BCUT2D eigenvalue weighted by Crippen LogP contribution is 2.36. The zero-order valence-corrected chi connectivity index (χ0v) is 9.67. The molecule has 1 atom stereocenters. The van der Waals surface area contributed by atoms with Crippen LogP contribution in [0.2, 0.25) is 0 Å². The maximum atomic E-state index is 5.96. The number of halogens is 1. The van der Waals surface area contributed by atoms with Gasteiger partial charge in [-0.15, -0.1) is 0 Å². The molecule has 70 valence electrons. The van der Waals surface area contributed by atoms with E-state index in [0.717, 1.165) is 12.2 Å². The van der Waals surface area contributed by atoms with Gasteiger partial charge in [0.2, 0.25) is 0 Å². The SMILES string of the molecule is CCc1c(I)ccc2c1[C@H](N)CO2. The van der Waals surface area contributed by atoms with Crippen molar-refractivity contribution in [1.82, 2.24) is 0 Å². The number of benzene rings is 1. The molecule has 1 aliphatic rings. The minimum Gasteiger partial charge on any atom is -0.491 e. The van der Waals surface area contributed by atoms with E-state index in [2.05, 4.69) is 35.6 Å². The Labute approximate surface area is 91.6 Å². The molecule has 0 bridgehead atoms. The molecule has 13 heavy (non-hydrogen) atoms. The Hall–Kier alpha value is -0.290. The van der Waals surface area contributed by atoms with E-state index in [1.54, 1.807) is 0 Å². The fourth-order valence-corrected chi connectivity index (χ4v) is 2.62. The van der Waals surface area contributed by atoms with Gasteiger partial charge in [-0.25, -0.2) is 0 Å². The molecule has 0 fully saturated rings. The molecule has 2 nitrogen and oxygen atoms in total. The summed E-state index contributed by atoms with van der Waals surface area (Å²) in [6.45, 7) is 2.78. The van der Waals surface area contributed by atoms with Crippen LogP contribution < -0.4 is 10.5 Å². The second kappa shape index (κ2) is 3.46. The number of hydrogen-bond donors (Lipinski definition) is 1. The Balaban J connectivity index is 2.60. The zero-order chi connectivity index (χ0) is 9.42. The maximum Gasteiger partial charge on any atom is 0.124 e. The van der Waals surface area contributed by atoms with E-state index < -0.39 is 0 Å². The van der Waals surface area contributed by atoms with Gasteiger partial charge in [-0.05, 0) is 46.7 Å². The molecule has 1 aromatic rings. The van der Waals surface area contributed by atoms with Gasteiger partial charge in [-0.2, -0.15) is 0 Å². The number of nitrogens with two attached hydrogens (primary N) is 1. The number of fused-ring (bicyclic) bond motifs is 1. The van der Waals surface area contributed by atoms with E-state index >= 15 is 0 Å². The van der Waals surface area contributed by atoms with Crippen LogP contribution in [0.4, 0.5) is 0 Å². The third-order valence-electron chi connectivity index (χ3n) is 2.40. The largest absolute Gasteiger partial charge is 0.491 e. The summed E-state index contributed by atoms with van der Waals surface area (Å²) in [6, 6.07) is 4.18. The van der Waals surface area contributed by atoms with Crippen LogP contribution >= 0.6 is 22.6 Å². The van der Waals surface area contributed by atoms with Crippen LogP contribution in [0.25, 0.3) is 0 Å². The molecule has 0 unspecified atom stereocenters. The van der Waals surface area contributed by atoms with E-state index in [-0.39, 0.29) is 6.04 Å². The average molecular weight is 289 g/mol. The standard InChI is InChI=1S/C10H12INO/c1-2-6-7(11)3-4-9-10(6)8(12)5-13-9/h3-4,8H,2,5,12H2,1H3/t8-/m1/s1. The molecule has 0 aromatic heterocycles. The van der Waals surface area contributed by atoms with Crippen LogP contribution in [0.1, 0.15) is 24.1 Å². The van der Waals surface area contributed by atoms with E-state index in [0.29, 0.717) is 6.61 Å². The fourth-order valence-electron chi connectivity index (χ4n) is 1.77. The topological polar surface area (TPSA) is 35.2 Å². The number of rotatable bonds is 1. The summed E-state index contributed by atoms with van der Waals surface area (Å²) in [6.07, 6.45) is 1.03. The molecule has 0 saturated heterocycles. The molecule has 1 aromatic carbocycles. The van der Waals surface area contributed by atoms with Gasteiger partial charge in [0, 0.05) is 9.13 Å². The summed E-state index contributed by atoms with van der Waals surface area (Å²) >= 11 is 2.35. The highest BCUT2D eigenvalue weighted by atomic mass is 127. The zero-order valence-electron chi connectivity index (χ0n) is 7.51. The van der Waals surface area contributed by atoms with Crippen LogP contribution in [0.3, 0.4) is 0 Å². The van der Waals surface area contributed by atoms with Crippen molar-refractivity contribution in [1.29, 1.82) is 0 Å². The summed E-state index contributed by atoms with van der Waals surface area (Å²) in [5, 5.41) is 0. The lowest BCUT2D eigenvalue weighted by Crippen LogP contribution is -2.12. The average Bonchev–Trinajstić information content (AvgIpc) is 2.49. The van der Waals surface area contributed by atoms with Crippen molar-refractivity contribution in [3.63, 3.8) is 0 Å². The van der Waals surface area contributed by atoms with Crippen molar-refractivity contribution in [2.75, 3.05) is 6.61 Å². The van der Waals surface area contributed by atoms with Gasteiger partial charge < -0.3 is 10.5 Å². The van der Waals surface area contributed by atoms with Crippen LogP contribution in [-0.2, 0) is 6.42 Å². The molecule has 0 saturated carbocycles. The Kier molecular flexibility index (Phi) is 2.47. The number of hydrogen-bond acceptors (Lipinski definition) is 2. The van der Waals surface area contributed by atoms with Crippen LogP contribution in [-0.4, -0.2) is 6.61 Å². The minimum atomic E-state index is 0.0691. The van der Waals surface area contributed by atoms with E-state index in [1.165, 1.54) is 14.7 Å². The fraction of sp³-hybridized carbons (Fsp3) is 0.400. The summed E-state index contributed by atoms with van der Waals surface area (Å²) in [5.41, 5.74) is 8.53. The van der Waals surface area contributed by atoms with Gasteiger partial charge in [-0.1, -0.05) is 6.92 Å². The van der Waals surface area contributed by atoms with E-state index in [4.69, 9.17) is 10.5 Å². The molecule has 1 heterocycles. The van der Waals surface area contributed by atoms with Crippen LogP contribution in [0.5, 0.6) is 5.75 Å². The van der Waals surface area contributed by atoms with Crippen molar-refractivity contribution in [2.45, 2.75) is 19.4 Å². The Morgan fingerprint density at radius 2 is 2.38 bits per heavy atom. The summed E-state index contributed by atoms with van der Waals surface area (Å²) in [5.74, 6) is 0.977. The van der Waals surface area contributed by atoms with Crippen molar-refractivity contribution in [2.24, 2.45) is 5.73 Å². The van der Waals surface area contributed by atoms with Gasteiger partial charge in [-0.3, -0.25) is 0 Å². The first-order valence-corrected chi connectivity index (χ1v) is 5.51. The molecule has 0 aliphatic carbocycles. The van der Waals surface area contributed by atoms with Gasteiger partial charge >= 0.3 is 0 Å². The predicted molar refractivity (Wildman–Crippen MR) is 61.0 cm³/mol. The smallest absolute Gasteiger partial charge is 0.124 e. The molecule has 2 N–H and O–H groups in total. The highest BCUT2D eigenvalue weighted by molar-refractivity contribution is 14.1. The van der Waals surface area contributed by atoms with Crippen LogP contribution in [0.15, 0.2) is 12.1 Å². The number of ether oxygens (including phenoxy) is 1. The monoisotopic (exact) mass is 289 g/mol. The van der Waals surface area contributed by atoms with Gasteiger partial charge in [0.15, 0.2) is 0 Å². The summed E-state index contributed by atoms with van der Waals surface area (Å²) in [7, 11) is 0. The molecule has 0 amide bonds. The molecule has 3 heteroatoms. The van der Waals surface area contributed by atoms with E-state index in [1.807, 2.05) is 6.07 Å². The maximum absolute atomic E-state index is 5.96. The molecule has 2 rings (SSSR count). The highest BCUT2D eigenvalue weighted by Gasteiger charge is 2.24. The van der Waals surface area contributed by atoms with Crippen molar-refractivity contribution in [3.05, 3.63) is 26.8 Å².